The van der Waals surface area contributed by atoms with Gasteiger partial charge in [-0.15, -0.1) is 0 Å². The largest absolute Gasteiger partial charge is 0.336 e. The first-order valence-corrected chi connectivity index (χ1v) is 9.79. The SMILES string of the molecule is CCC(C)N(C(=O)C1CCCCC1)C1CCS(=O)(=O)C1. The topological polar surface area (TPSA) is 54.5 Å². The van der Waals surface area contributed by atoms with E-state index in [9.17, 15) is 13.2 Å². The van der Waals surface area contributed by atoms with Crippen molar-refractivity contribution in [1.82, 2.24) is 4.90 Å². The second-order valence-electron chi connectivity index (χ2n) is 6.39. The smallest absolute Gasteiger partial charge is 0.226 e. The van der Waals surface area contributed by atoms with Gasteiger partial charge in [0.25, 0.3) is 0 Å². The second-order valence-corrected chi connectivity index (χ2v) is 8.62. The third-order valence-electron chi connectivity index (χ3n) is 4.88. The van der Waals surface area contributed by atoms with Gasteiger partial charge >= 0.3 is 0 Å². The standard InChI is InChI=1S/C15H27NO3S/c1-3-12(2)16(14-9-10-20(18,19)11-14)15(17)13-7-5-4-6-8-13/h12-14H,3-11H2,1-2H3. The van der Waals surface area contributed by atoms with E-state index < -0.39 is 9.84 Å². The quantitative estimate of drug-likeness (QED) is 0.801. The molecule has 1 heterocycles. The van der Waals surface area contributed by atoms with Crippen LogP contribution >= 0.6 is 0 Å². The molecule has 2 atom stereocenters. The zero-order valence-electron chi connectivity index (χ0n) is 12.7. The van der Waals surface area contributed by atoms with E-state index in [1.165, 1.54) is 6.42 Å². The fourth-order valence-electron chi connectivity index (χ4n) is 3.51. The minimum Gasteiger partial charge on any atom is -0.336 e. The van der Waals surface area contributed by atoms with Crippen molar-refractivity contribution in [2.75, 3.05) is 11.5 Å². The molecular weight excluding hydrogens is 274 g/mol. The van der Waals surface area contributed by atoms with Crippen LogP contribution < -0.4 is 0 Å². The molecule has 2 aliphatic rings. The van der Waals surface area contributed by atoms with E-state index in [1.54, 1.807) is 0 Å². The number of sulfone groups is 1. The van der Waals surface area contributed by atoms with Gasteiger partial charge in [-0.25, -0.2) is 8.42 Å². The van der Waals surface area contributed by atoms with Crippen LogP contribution in [-0.4, -0.2) is 42.8 Å². The van der Waals surface area contributed by atoms with Gasteiger partial charge in [0, 0.05) is 18.0 Å². The molecule has 1 amide bonds. The summed E-state index contributed by atoms with van der Waals surface area (Å²) < 4.78 is 23.4. The number of hydrogen-bond acceptors (Lipinski definition) is 3. The Labute approximate surface area is 122 Å². The molecule has 0 aromatic rings. The van der Waals surface area contributed by atoms with Crippen molar-refractivity contribution >= 4 is 15.7 Å². The summed E-state index contributed by atoms with van der Waals surface area (Å²) in [4.78, 5) is 14.7. The lowest BCUT2D eigenvalue weighted by Crippen LogP contribution is -2.49. The Morgan fingerprint density at radius 2 is 1.85 bits per heavy atom. The Morgan fingerprint density at radius 1 is 1.20 bits per heavy atom. The van der Waals surface area contributed by atoms with E-state index in [-0.39, 0.29) is 35.4 Å². The Hall–Kier alpha value is -0.580. The summed E-state index contributed by atoms with van der Waals surface area (Å²) in [5, 5.41) is 0. The molecule has 0 aromatic heterocycles. The van der Waals surface area contributed by atoms with E-state index in [0.29, 0.717) is 6.42 Å². The number of nitrogens with zero attached hydrogens (tertiary/aromatic N) is 1. The van der Waals surface area contributed by atoms with Crippen molar-refractivity contribution in [3.8, 4) is 0 Å². The van der Waals surface area contributed by atoms with E-state index in [4.69, 9.17) is 0 Å². The monoisotopic (exact) mass is 301 g/mol. The second kappa shape index (κ2) is 6.46. The molecule has 2 unspecified atom stereocenters. The highest BCUT2D eigenvalue weighted by atomic mass is 32.2. The number of carbonyl (C=O) groups excluding carboxylic acids is 1. The van der Waals surface area contributed by atoms with Crippen LogP contribution in [0.25, 0.3) is 0 Å². The molecule has 0 N–H and O–H groups in total. The lowest BCUT2D eigenvalue weighted by molar-refractivity contribution is -0.141. The maximum Gasteiger partial charge on any atom is 0.226 e. The van der Waals surface area contributed by atoms with Crippen molar-refractivity contribution in [2.45, 2.75) is 70.9 Å². The number of hydrogen-bond donors (Lipinski definition) is 0. The molecule has 116 valence electrons. The predicted molar refractivity (Wildman–Crippen MR) is 80.2 cm³/mol. The highest BCUT2D eigenvalue weighted by molar-refractivity contribution is 7.91. The van der Waals surface area contributed by atoms with Gasteiger partial charge in [0.1, 0.15) is 0 Å². The van der Waals surface area contributed by atoms with Crippen molar-refractivity contribution in [2.24, 2.45) is 5.92 Å². The van der Waals surface area contributed by atoms with Crippen LogP contribution in [0.2, 0.25) is 0 Å². The zero-order valence-corrected chi connectivity index (χ0v) is 13.5. The molecule has 0 aromatic carbocycles. The average molecular weight is 301 g/mol. The van der Waals surface area contributed by atoms with Gasteiger partial charge in [-0.3, -0.25) is 4.79 Å². The molecule has 1 aliphatic carbocycles. The van der Waals surface area contributed by atoms with Crippen LogP contribution in [0.5, 0.6) is 0 Å². The summed E-state index contributed by atoms with van der Waals surface area (Å²) in [5.41, 5.74) is 0. The van der Waals surface area contributed by atoms with Crippen LogP contribution in [-0.2, 0) is 14.6 Å². The Bertz CT molecular complexity index is 440. The van der Waals surface area contributed by atoms with E-state index in [0.717, 1.165) is 32.1 Å². The molecule has 0 radical (unpaired) electrons. The molecule has 0 bridgehead atoms. The Morgan fingerprint density at radius 3 is 2.35 bits per heavy atom. The summed E-state index contributed by atoms with van der Waals surface area (Å²) in [6.45, 7) is 4.11. The van der Waals surface area contributed by atoms with Gasteiger partial charge in [-0.05, 0) is 32.6 Å². The third-order valence-corrected chi connectivity index (χ3v) is 6.63. The van der Waals surface area contributed by atoms with Gasteiger partial charge in [0.05, 0.1) is 11.5 Å². The Kier molecular flexibility index (Phi) is 5.10. The van der Waals surface area contributed by atoms with Crippen molar-refractivity contribution < 1.29 is 13.2 Å². The maximum atomic E-state index is 12.8. The summed E-state index contributed by atoms with van der Waals surface area (Å²) >= 11 is 0. The van der Waals surface area contributed by atoms with Crippen LogP contribution in [0, 0.1) is 5.92 Å². The third kappa shape index (κ3) is 3.54. The molecule has 2 rings (SSSR count). The van der Waals surface area contributed by atoms with E-state index in [2.05, 4.69) is 6.92 Å². The normalized spacial score (nSPS) is 28.2. The van der Waals surface area contributed by atoms with Crippen molar-refractivity contribution in [1.29, 1.82) is 0 Å². The fourth-order valence-corrected chi connectivity index (χ4v) is 5.22. The maximum absolute atomic E-state index is 12.8. The first-order chi connectivity index (χ1) is 9.44. The fraction of sp³-hybridized carbons (Fsp3) is 0.933. The molecule has 1 aliphatic heterocycles. The van der Waals surface area contributed by atoms with Gasteiger partial charge in [0.2, 0.25) is 5.91 Å². The highest BCUT2D eigenvalue weighted by Gasteiger charge is 2.38. The Balaban J connectivity index is 2.12. The average Bonchev–Trinajstić information content (AvgIpc) is 2.79. The lowest BCUT2D eigenvalue weighted by atomic mass is 9.87. The molecule has 20 heavy (non-hydrogen) atoms. The van der Waals surface area contributed by atoms with Crippen molar-refractivity contribution in [3.63, 3.8) is 0 Å². The van der Waals surface area contributed by atoms with Gasteiger partial charge in [0.15, 0.2) is 9.84 Å². The van der Waals surface area contributed by atoms with Gasteiger partial charge in [-0.1, -0.05) is 26.2 Å². The van der Waals surface area contributed by atoms with Crippen LogP contribution in [0.4, 0.5) is 0 Å². The molecule has 0 spiro atoms. The van der Waals surface area contributed by atoms with Crippen LogP contribution in [0.3, 0.4) is 0 Å². The van der Waals surface area contributed by atoms with E-state index >= 15 is 0 Å². The molecular formula is C15H27NO3S. The minimum absolute atomic E-state index is 0.0932. The first-order valence-electron chi connectivity index (χ1n) is 7.97. The predicted octanol–water partition coefficient (Wildman–Crippen LogP) is 2.38. The number of rotatable bonds is 4. The summed E-state index contributed by atoms with van der Waals surface area (Å²) in [7, 11) is -2.94. The van der Waals surface area contributed by atoms with Crippen molar-refractivity contribution in [3.05, 3.63) is 0 Å². The molecule has 5 heteroatoms. The summed E-state index contributed by atoms with van der Waals surface area (Å²) in [6, 6.07) is 0.0482. The molecule has 1 saturated carbocycles. The van der Waals surface area contributed by atoms with E-state index in [1.807, 2.05) is 11.8 Å². The number of amides is 1. The molecule has 4 nitrogen and oxygen atoms in total. The number of carbonyl (C=O) groups is 1. The van der Waals surface area contributed by atoms with Crippen LogP contribution in [0.1, 0.15) is 58.8 Å². The van der Waals surface area contributed by atoms with Gasteiger partial charge in [-0.2, -0.15) is 0 Å². The molecule has 1 saturated heterocycles. The summed E-state index contributed by atoms with van der Waals surface area (Å²) in [5.74, 6) is 0.737. The summed E-state index contributed by atoms with van der Waals surface area (Å²) in [6.07, 6.45) is 6.95. The lowest BCUT2D eigenvalue weighted by Gasteiger charge is -2.37. The van der Waals surface area contributed by atoms with Gasteiger partial charge < -0.3 is 4.90 Å². The zero-order chi connectivity index (χ0) is 14.8. The first kappa shape index (κ1) is 15.8. The highest BCUT2D eigenvalue weighted by Crippen LogP contribution is 2.29. The minimum atomic E-state index is -2.94. The van der Waals surface area contributed by atoms with Crippen LogP contribution in [0.15, 0.2) is 0 Å². The molecule has 2 fully saturated rings.